The number of aliphatic hydroxyl groups excluding tert-OH is 2. The highest BCUT2D eigenvalue weighted by molar-refractivity contribution is 7.15. The summed E-state index contributed by atoms with van der Waals surface area (Å²) in [7, 11) is 0. The lowest BCUT2D eigenvalue weighted by Gasteiger charge is -2.34. The van der Waals surface area contributed by atoms with Crippen LogP contribution in [-0.2, 0) is 14.3 Å². The van der Waals surface area contributed by atoms with Gasteiger partial charge in [0.25, 0.3) is 0 Å². The van der Waals surface area contributed by atoms with Crippen LogP contribution >= 0.6 is 11.3 Å². The molecule has 0 fully saturated rings. The molecule has 2 aromatic heterocycles. The summed E-state index contributed by atoms with van der Waals surface area (Å²) in [6.07, 6.45) is 6.97. The normalized spacial score (nSPS) is 29.5. The molecule has 0 aromatic carbocycles. The molecule has 0 radical (unpaired) electrons. The summed E-state index contributed by atoms with van der Waals surface area (Å²) in [5, 5.41) is 22.7. The van der Waals surface area contributed by atoms with Gasteiger partial charge in [-0.05, 0) is 57.6 Å². The lowest BCUT2D eigenvalue weighted by molar-refractivity contribution is -0.154. The molecule has 5 atom stereocenters. The van der Waals surface area contributed by atoms with Gasteiger partial charge in [-0.3, -0.25) is 9.59 Å². The highest BCUT2D eigenvalue weighted by Crippen LogP contribution is 2.34. The zero-order valence-electron chi connectivity index (χ0n) is 24.1. The first-order chi connectivity index (χ1) is 18.3. The number of aliphatic hydroxyl groups is 2. The minimum atomic E-state index is -1.25. The predicted octanol–water partition coefficient (Wildman–Crippen LogP) is 5.92. The van der Waals surface area contributed by atoms with E-state index in [1.165, 1.54) is 17.7 Å². The first-order valence-corrected chi connectivity index (χ1v) is 14.4. The number of thiazole rings is 1. The van der Waals surface area contributed by atoms with E-state index in [0.29, 0.717) is 17.9 Å². The van der Waals surface area contributed by atoms with Crippen LogP contribution in [0.15, 0.2) is 34.2 Å². The zero-order chi connectivity index (χ0) is 28.9. The topological polar surface area (TPSA) is 123 Å². The Bertz CT molecular complexity index is 1200. The van der Waals surface area contributed by atoms with Gasteiger partial charge < -0.3 is 19.4 Å². The minimum absolute atomic E-state index is 0.0689. The summed E-state index contributed by atoms with van der Waals surface area (Å²) in [6, 6.07) is 0. The van der Waals surface area contributed by atoms with Crippen LogP contribution in [-0.4, -0.2) is 50.2 Å². The fourth-order valence-electron chi connectivity index (χ4n) is 4.98. The molecule has 39 heavy (non-hydrogen) atoms. The number of cyclic esters (lactones) is 1. The number of hydrogen-bond donors (Lipinski definition) is 2. The third kappa shape index (κ3) is 7.74. The number of carbonyl (C=O) groups excluding carboxylic acids is 2. The molecule has 2 N–H and O–H groups in total. The van der Waals surface area contributed by atoms with Crippen molar-refractivity contribution in [2.24, 2.45) is 17.3 Å². The molecular weight excluding hydrogens is 516 g/mol. The summed E-state index contributed by atoms with van der Waals surface area (Å²) in [5.41, 5.74) is 1.45. The molecule has 1 aliphatic rings. The Balaban J connectivity index is 1.92. The van der Waals surface area contributed by atoms with Gasteiger partial charge in [0.05, 0.1) is 45.8 Å². The first kappa shape index (κ1) is 30.9. The van der Waals surface area contributed by atoms with Crippen LogP contribution in [0.3, 0.4) is 0 Å². The number of ether oxygens (including phenoxy) is 1. The van der Waals surface area contributed by atoms with Crippen molar-refractivity contribution in [2.75, 3.05) is 0 Å². The molecule has 9 heteroatoms. The molecule has 8 nitrogen and oxygen atoms in total. The Morgan fingerprint density at radius 1 is 1.21 bits per heavy atom. The van der Waals surface area contributed by atoms with Crippen molar-refractivity contribution in [3.63, 3.8) is 0 Å². The van der Waals surface area contributed by atoms with Crippen LogP contribution in [0.1, 0.15) is 84.3 Å². The Hall–Kier alpha value is -2.62. The summed E-state index contributed by atoms with van der Waals surface area (Å²) in [5.74, 6) is -0.972. The van der Waals surface area contributed by atoms with E-state index in [0.717, 1.165) is 40.3 Å². The van der Waals surface area contributed by atoms with Crippen molar-refractivity contribution in [2.45, 2.75) is 98.9 Å². The van der Waals surface area contributed by atoms with Crippen molar-refractivity contribution in [1.29, 1.82) is 0 Å². The number of hydrogen-bond acceptors (Lipinski definition) is 9. The number of oxazole rings is 1. The second kappa shape index (κ2) is 13.2. The molecule has 0 saturated heterocycles. The van der Waals surface area contributed by atoms with Gasteiger partial charge in [-0.25, -0.2) is 9.97 Å². The largest absolute Gasteiger partial charge is 0.457 e. The third-order valence-electron chi connectivity index (χ3n) is 7.81. The quantitative estimate of drug-likeness (QED) is 0.351. The maximum absolute atomic E-state index is 13.3. The molecule has 0 saturated carbocycles. The smallest absolute Gasteiger partial charge is 0.309 e. The molecule has 0 spiro atoms. The van der Waals surface area contributed by atoms with Crippen molar-refractivity contribution < 1.29 is 29.0 Å². The number of Topliss-reactive ketones (excluding diaryl/α,β-unsaturated/α-hetero) is 1. The third-order valence-corrected chi connectivity index (χ3v) is 8.81. The van der Waals surface area contributed by atoms with Crippen LogP contribution in [0, 0.1) is 24.2 Å². The standard InChI is InChI=1S/C30H42N2O6S/c1-17-9-8-10-18(2)27(35)20(4)29(36)30(6,7)25(33)14-26(34)38-23(12-11-17)19(3)13-22-28(39-21(5)32-22)24-15-31-16-37-24/h11,13,15-16,18,20,23,25,27,33,35H,8-10,12,14H2,1-7H3/b17-11-,19-13+/t18-,20+,23-,25-,27-/m0/s1. The molecule has 214 valence electrons. The van der Waals surface area contributed by atoms with E-state index >= 15 is 0 Å². The van der Waals surface area contributed by atoms with Gasteiger partial charge in [0.15, 0.2) is 12.2 Å². The molecule has 3 heterocycles. The monoisotopic (exact) mass is 558 g/mol. The number of esters is 1. The van der Waals surface area contributed by atoms with Gasteiger partial charge in [-0.1, -0.05) is 39.3 Å². The molecule has 0 amide bonds. The maximum atomic E-state index is 13.3. The highest BCUT2D eigenvalue weighted by atomic mass is 32.1. The van der Waals surface area contributed by atoms with Crippen molar-refractivity contribution in [3.8, 4) is 10.6 Å². The number of carbonyl (C=O) groups is 2. The molecule has 0 unspecified atom stereocenters. The number of ketones is 1. The summed E-state index contributed by atoms with van der Waals surface area (Å²) in [6.45, 7) is 12.8. The van der Waals surface area contributed by atoms with Crippen molar-refractivity contribution >= 4 is 29.2 Å². The molecule has 2 aromatic rings. The second-order valence-electron chi connectivity index (χ2n) is 11.4. The van der Waals surface area contributed by atoms with Crippen LogP contribution in [0.4, 0.5) is 0 Å². The summed E-state index contributed by atoms with van der Waals surface area (Å²) in [4.78, 5) is 35.8. The van der Waals surface area contributed by atoms with Gasteiger partial charge in [-0.15, -0.1) is 11.3 Å². The SMILES string of the molecule is C/C1=C/C[C@@H](/C(C)=C/c2nc(C)sc2-c2cnco2)OC(=O)C[C@H](O)C(C)(C)C(=O)[C@H](C)[C@@H](O)[C@@H](C)CCC1. The average molecular weight is 559 g/mol. The lowest BCUT2D eigenvalue weighted by Crippen LogP contribution is -2.45. The van der Waals surface area contributed by atoms with Crippen LogP contribution in [0.5, 0.6) is 0 Å². The van der Waals surface area contributed by atoms with Crippen LogP contribution in [0.2, 0.25) is 0 Å². The van der Waals surface area contributed by atoms with E-state index in [2.05, 4.69) is 16.0 Å². The van der Waals surface area contributed by atoms with Gasteiger partial charge >= 0.3 is 5.97 Å². The minimum Gasteiger partial charge on any atom is -0.457 e. The molecule has 0 aliphatic carbocycles. The van der Waals surface area contributed by atoms with Gasteiger partial charge in [0.2, 0.25) is 0 Å². The van der Waals surface area contributed by atoms with E-state index in [9.17, 15) is 19.8 Å². The number of rotatable bonds is 3. The van der Waals surface area contributed by atoms with Crippen LogP contribution in [0.25, 0.3) is 16.7 Å². The molecule has 3 rings (SSSR count). The Morgan fingerprint density at radius 2 is 1.92 bits per heavy atom. The number of allylic oxidation sites excluding steroid dienone is 1. The Kier molecular flexibility index (Phi) is 10.4. The highest BCUT2D eigenvalue weighted by Gasteiger charge is 2.42. The van der Waals surface area contributed by atoms with E-state index < -0.39 is 35.6 Å². The fourth-order valence-corrected chi connectivity index (χ4v) is 5.83. The van der Waals surface area contributed by atoms with Crippen molar-refractivity contribution in [1.82, 2.24) is 9.97 Å². The number of aromatic nitrogens is 2. The average Bonchev–Trinajstić information content (AvgIpc) is 3.53. The molecule has 1 aliphatic heterocycles. The Labute approximate surface area is 235 Å². The molecular formula is C30H42N2O6S. The van der Waals surface area contributed by atoms with Gasteiger partial charge in [0.1, 0.15) is 11.9 Å². The van der Waals surface area contributed by atoms with E-state index in [4.69, 9.17) is 9.15 Å². The fraction of sp³-hybridized carbons (Fsp3) is 0.600. The summed E-state index contributed by atoms with van der Waals surface area (Å²) < 4.78 is 11.4. The zero-order valence-corrected chi connectivity index (χ0v) is 24.9. The lowest BCUT2D eigenvalue weighted by atomic mass is 9.73. The molecule has 0 bridgehead atoms. The maximum Gasteiger partial charge on any atom is 0.309 e. The number of nitrogens with zero attached hydrogens (tertiary/aromatic N) is 2. The van der Waals surface area contributed by atoms with Crippen molar-refractivity contribution in [3.05, 3.63) is 40.5 Å². The summed E-state index contributed by atoms with van der Waals surface area (Å²) >= 11 is 1.50. The number of aryl methyl sites for hydroxylation is 1. The van der Waals surface area contributed by atoms with E-state index in [1.807, 2.05) is 33.8 Å². The first-order valence-electron chi connectivity index (χ1n) is 13.6. The van der Waals surface area contributed by atoms with E-state index in [1.54, 1.807) is 27.0 Å². The van der Waals surface area contributed by atoms with Gasteiger partial charge in [-0.2, -0.15) is 0 Å². The second-order valence-corrected chi connectivity index (χ2v) is 12.6. The predicted molar refractivity (Wildman–Crippen MR) is 152 cm³/mol. The van der Waals surface area contributed by atoms with E-state index in [-0.39, 0.29) is 18.1 Å². The van der Waals surface area contributed by atoms with Gasteiger partial charge in [0, 0.05) is 12.3 Å². The Morgan fingerprint density at radius 3 is 2.59 bits per heavy atom. The van der Waals surface area contributed by atoms with Crippen LogP contribution < -0.4 is 0 Å².